The van der Waals surface area contributed by atoms with Gasteiger partial charge in [0, 0.05) is 28.4 Å². The molecule has 166 valence electrons. The molecule has 3 aromatic carbocycles. The number of benzene rings is 3. The fourth-order valence-electron chi connectivity index (χ4n) is 4.50. The SMILES string of the molecule is COc1cc(C)ccc1-c1ccc2c(c1COc1cc(F)ccc1C)C(C)=CC(C)(C)N2. The Kier molecular flexibility index (Phi) is 5.72. The van der Waals surface area contributed by atoms with Crippen LogP contribution in [0.2, 0.25) is 0 Å². The number of methoxy groups -OCH3 is 1. The summed E-state index contributed by atoms with van der Waals surface area (Å²) in [7, 11) is 1.69. The maximum absolute atomic E-state index is 13.9. The molecule has 0 aromatic heterocycles. The fraction of sp³-hybridized carbons (Fsp3) is 0.286. The van der Waals surface area contributed by atoms with E-state index in [4.69, 9.17) is 9.47 Å². The summed E-state index contributed by atoms with van der Waals surface area (Å²) >= 11 is 0. The third kappa shape index (κ3) is 4.22. The second-order valence-corrected chi connectivity index (χ2v) is 9.09. The Morgan fingerprint density at radius 3 is 2.41 bits per heavy atom. The minimum Gasteiger partial charge on any atom is -0.496 e. The first-order chi connectivity index (χ1) is 15.2. The molecule has 1 heterocycles. The number of allylic oxidation sites excluding steroid dienone is 1. The smallest absolute Gasteiger partial charge is 0.126 e. The van der Waals surface area contributed by atoms with Crippen molar-refractivity contribution in [2.45, 2.75) is 46.8 Å². The Morgan fingerprint density at radius 1 is 0.906 bits per heavy atom. The van der Waals surface area contributed by atoms with E-state index in [-0.39, 0.29) is 11.4 Å². The highest BCUT2D eigenvalue weighted by molar-refractivity contribution is 5.88. The number of anilines is 1. The molecular weight excluding hydrogens is 401 g/mol. The Morgan fingerprint density at radius 2 is 1.66 bits per heavy atom. The van der Waals surface area contributed by atoms with Crippen molar-refractivity contribution >= 4 is 11.3 Å². The van der Waals surface area contributed by atoms with Crippen LogP contribution in [-0.4, -0.2) is 12.6 Å². The molecule has 1 aliphatic rings. The zero-order valence-corrected chi connectivity index (χ0v) is 19.6. The van der Waals surface area contributed by atoms with Crippen molar-refractivity contribution in [3.8, 4) is 22.6 Å². The van der Waals surface area contributed by atoms with E-state index in [9.17, 15) is 4.39 Å². The quantitative estimate of drug-likeness (QED) is 0.460. The molecule has 32 heavy (non-hydrogen) atoms. The van der Waals surface area contributed by atoms with Crippen molar-refractivity contribution in [3.05, 3.63) is 82.7 Å². The number of halogens is 1. The van der Waals surface area contributed by atoms with Crippen LogP contribution in [0.4, 0.5) is 10.1 Å². The van der Waals surface area contributed by atoms with Crippen LogP contribution in [-0.2, 0) is 6.61 Å². The molecule has 3 nitrogen and oxygen atoms in total. The Hall–Kier alpha value is -3.27. The zero-order chi connectivity index (χ0) is 23.0. The van der Waals surface area contributed by atoms with Gasteiger partial charge in [0.2, 0.25) is 0 Å². The summed E-state index contributed by atoms with van der Waals surface area (Å²) in [6.07, 6.45) is 2.24. The van der Waals surface area contributed by atoms with Gasteiger partial charge in [-0.1, -0.05) is 30.3 Å². The summed E-state index contributed by atoms with van der Waals surface area (Å²) in [5.74, 6) is 1.06. The summed E-state index contributed by atoms with van der Waals surface area (Å²) in [5.41, 5.74) is 8.37. The van der Waals surface area contributed by atoms with Gasteiger partial charge in [-0.2, -0.15) is 0 Å². The maximum atomic E-state index is 13.9. The van der Waals surface area contributed by atoms with Crippen LogP contribution in [0.3, 0.4) is 0 Å². The molecule has 0 spiro atoms. The molecule has 3 aromatic rings. The molecule has 0 fully saturated rings. The van der Waals surface area contributed by atoms with E-state index in [1.54, 1.807) is 13.2 Å². The molecule has 0 saturated carbocycles. The number of hydrogen-bond donors (Lipinski definition) is 1. The molecule has 0 amide bonds. The molecule has 1 N–H and O–H groups in total. The number of ether oxygens (including phenoxy) is 2. The van der Waals surface area contributed by atoms with Gasteiger partial charge in [0.1, 0.15) is 23.9 Å². The minimum atomic E-state index is -0.305. The highest BCUT2D eigenvalue weighted by atomic mass is 19.1. The van der Waals surface area contributed by atoms with Crippen molar-refractivity contribution in [3.63, 3.8) is 0 Å². The van der Waals surface area contributed by atoms with Gasteiger partial charge in [0.15, 0.2) is 0 Å². The average molecular weight is 432 g/mol. The van der Waals surface area contributed by atoms with Crippen LogP contribution in [0.1, 0.15) is 43.0 Å². The van der Waals surface area contributed by atoms with E-state index in [0.29, 0.717) is 12.4 Å². The lowest BCUT2D eigenvalue weighted by Gasteiger charge is -2.33. The number of rotatable bonds is 5. The molecule has 0 atom stereocenters. The second-order valence-electron chi connectivity index (χ2n) is 9.09. The molecule has 4 heteroatoms. The van der Waals surface area contributed by atoms with E-state index < -0.39 is 0 Å². The highest BCUT2D eigenvalue weighted by Crippen LogP contribution is 2.43. The van der Waals surface area contributed by atoms with E-state index in [1.807, 2.05) is 13.0 Å². The van der Waals surface area contributed by atoms with Gasteiger partial charge in [0.05, 0.1) is 12.6 Å². The predicted molar refractivity (Wildman–Crippen MR) is 130 cm³/mol. The summed E-state index contributed by atoms with van der Waals surface area (Å²) in [4.78, 5) is 0. The third-order valence-electron chi connectivity index (χ3n) is 5.91. The monoisotopic (exact) mass is 431 g/mol. The van der Waals surface area contributed by atoms with Crippen molar-refractivity contribution in [1.29, 1.82) is 0 Å². The predicted octanol–water partition coefficient (Wildman–Crippen LogP) is 7.30. The lowest BCUT2D eigenvalue weighted by atomic mass is 9.85. The number of aryl methyl sites for hydroxylation is 2. The van der Waals surface area contributed by atoms with Gasteiger partial charge in [-0.25, -0.2) is 4.39 Å². The first-order valence-electron chi connectivity index (χ1n) is 10.9. The topological polar surface area (TPSA) is 30.5 Å². The molecule has 0 unspecified atom stereocenters. The summed E-state index contributed by atoms with van der Waals surface area (Å²) in [5, 5.41) is 3.62. The van der Waals surface area contributed by atoms with Gasteiger partial charge in [-0.15, -0.1) is 0 Å². The van der Waals surface area contributed by atoms with Gasteiger partial charge < -0.3 is 14.8 Å². The number of hydrogen-bond acceptors (Lipinski definition) is 3. The largest absolute Gasteiger partial charge is 0.496 e. The van der Waals surface area contributed by atoms with Crippen LogP contribution in [0.15, 0.2) is 54.6 Å². The van der Waals surface area contributed by atoms with Crippen LogP contribution in [0, 0.1) is 19.7 Å². The van der Waals surface area contributed by atoms with Crippen molar-refractivity contribution < 1.29 is 13.9 Å². The number of nitrogens with one attached hydrogen (secondary N) is 1. The lowest BCUT2D eigenvalue weighted by Crippen LogP contribution is -2.32. The Labute approximate surface area is 189 Å². The molecule has 0 bridgehead atoms. The Bertz CT molecular complexity index is 1210. The minimum absolute atomic E-state index is 0.141. The van der Waals surface area contributed by atoms with Crippen molar-refractivity contribution in [2.24, 2.45) is 0 Å². The van der Waals surface area contributed by atoms with Crippen LogP contribution in [0.5, 0.6) is 11.5 Å². The maximum Gasteiger partial charge on any atom is 0.126 e. The lowest BCUT2D eigenvalue weighted by molar-refractivity contribution is 0.302. The van der Waals surface area contributed by atoms with Crippen LogP contribution >= 0.6 is 0 Å². The molecule has 4 rings (SSSR count). The van der Waals surface area contributed by atoms with E-state index in [2.05, 4.69) is 63.4 Å². The first-order valence-corrected chi connectivity index (χ1v) is 10.9. The van der Waals surface area contributed by atoms with Crippen molar-refractivity contribution in [1.82, 2.24) is 0 Å². The summed E-state index contributed by atoms with van der Waals surface area (Å²) in [6.45, 7) is 10.7. The number of fused-ring (bicyclic) bond motifs is 1. The third-order valence-corrected chi connectivity index (χ3v) is 5.91. The zero-order valence-electron chi connectivity index (χ0n) is 19.6. The molecule has 0 saturated heterocycles. The van der Waals surface area contributed by atoms with E-state index >= 15 is 0 Å². The van der Waals surface area contributed by atoms with Crippen molar-refractivity contribution in [2.75, 3.05) is 12.4 Å². The second kappa shape index (κ2) is 8.34. The Balaban J connectivity index is 1.88. The summed E-state index contributed by atoms with van der Waals surface area (Å²) < 4.78 is 25.8. The average Bonchev–Trinajstić information content (AvgIpc) is 2.73. The van der Waals surface area contributed by atoms with Crippen LogP contribution < -0.4 is 14.8 Å². The van der Waals surface area contributed by atoms with Gasteiger partial charge in [-0.05, 0) is 75.1 Å². The van der Waals surface area contributed by atoms with E-state index in [0.717, 1.165) is 44.8 Å². The normalized spacial score (nSPS) is 14.3. The molecular formula is C28H30FNO2. The van der Waals surface area contributed by atoms with E-state index in [1.165, 1.54) is 17.7 Å². The molecule has 1 aliphatic heterocycles. The molecule has 0 aliphatic carbocycles. The molecule has 0 radical (unpaired) electrons. The fourth-order valence-corrected chi connectivity index (χ4v) is 4.50. The first kappa shape index (κ1) is 21.9. The van der Waals surface area contributed by atoms with Gasteiger partial charge in [0.25, 0.3) is 0 Å². The standard InChI is InChI=1S/C28H30FNO2/c1-17-7-10-22(26(13-17)31-6)21-11-12-24-27(19(3)15-28(4,5)30-24)23(21)16-32-25-14-20(29)9-8-18(25)2/h7-15,30H,16H2,1-6H3. The van der Waals surface area contributed by atoms with Crippen LogP contribution in [0.25, 0.3) is 16.7 Å². The van der Waals surface area contributed by atoms with Gasteiger partial charge >= 0.3 is 0 Å². The summed E-state index contributed by atoms with van der Waals surface area (Å²) in [6, 6.07) is 15.1. The van der Waals surface area contributed by atoms with Gasteiger partial charge in [-0.3, -0.25) is 0 Å². The highest BCUT2D eigenvalue weighted by Gasteiger charge is 2.27.